The highest BCUT2D eigenvalue weighted by molar-refractivity contribution is 7.88. The van der Waals surface area contributed by atoms with E-state index in [1.165, 1.54) is 4.31 Å². The van der Waals surface area contributed by atoms with Crippen LogP contribution in [0.2, 0.25) is 0 Å². The van der Waals surface area contributed by atoms with Crippen molar-refractivity contribution in [1.29, 1.82) is 0 Å². The van der Waals surface area contributed by atoms with Gasteiger partial charge in [-0.3, -0.25) is 0 Å². The maximum absolute atomic E-state index is 11.0. The summed E-state index contributed by atoms with van der Waals surface area (Å²) in [5.74, 6) is 0. The number of hydrogen-bond donors (Lipinski definition) is 2. The number of rotatable bonds is 1. The maximum atomic E-state index is 11.0. The van der Waals surface area contributed by atoms with Gasteiger partial charge in [0.15, 0.2) is 0 Å². The lowest BCUT2D eigenvalue weighted by molar-refractivity contribution is 0.0880. The molecule has 0 aliphatic carbocycles. The lowest BCUT2D eigenvalue weighted by atomic mass is 10.1. The quantitative estimate of drug-likeness (QED) is 0.523. The molecule has 1 rings (SSSR count). The molecule has 2 atom stereocenters. The SMILES string of the molecule is CS(=O)(=O)N1CC[C@@H](N)C(O)C1. The molecule has 0 spiro atoms. The standard InChI is InChI=1S/C6H14N2O3S/c1-12(10,11)8-3-2-5(7)6(9)4-8/h5-6,9H,2-4,7H2,1H3/t5-,6?/m1/s1. The van der Waals surface area contributed by atoms with Crippen LogP contribution >= 0.6 is 0 Å². The summed E-state index contributed by atoms with van der Waals surface area (Å²) < 4.78 is 23.3. The summed E-state index contributed by atoms with van der Waals surface area (Å²) in [7, 11) is -3.16. The minimum absolute atomic E-state index is 0.125. The molecule has 3 N–H and O–H groups in total. The zero-order chi connectivity index (χ0) is 9.35. The average Bonchev–Trinajstić information content (AvgIpc) is 1.92. The average molecular weight is 194 g/mol. The Morgan fingerprint density at radius 1 is 1.58 bits per heavy atom. The Labute approximate surface area is 72.2 Å². The second-order valence-electron chi connectivity index (χ2n) is 3.14. The molecule has 0 aromatic heterocycles. The highest BCUT2D eigenvalue weighted by atomic mass is 32.2. The van der Waals surface area contributed by atoms with Gasteiger partial charge in [-0.05, 0) is 6.42 Å². The molecule has 1 aliphatic heterocycles. The van der Waals surface area contributed by atoms with Crippen molar-refractivity contribution in [2.75, 3.05) is 19.3 Å². The summed E-state index contributed by atoms with van der Waals surface area (Å²) in [5.41, 5.74) is 5.51. The van der Waals surface area contributed by atoms with Gasteiger partial charge < -0.3 is 10.8 Å². The monoisotopic (exact) mass is 194 g/mol. The first kappa shape index (κ1) is 9.91. The van der Waals surface area contributed by atoms with E-state index >= 15 is 0 Å². The fourth-order valence-corrected chi connectivity index (χ4v) is 2.08. The molecule has 72 valence electrons. The van der Waals surface area contributed by atoms with Crippen molar-refractivity contribution >= 4 is 10.0 Å². The Morgan fingerprint density at radius 2 is 2.17 bits per heavy atom. The third-order valence-corrected chi connectivity index (χ3v) is 3.34. The second-order valence-corrected chi connectivity index (χ2v) is 5.12. The highest BCUT2D eigenvalue weighted by Crippen LogP contribution is 2.11. The summed E-state index contributed by atoms with van der Waals surface area (Å²) >= 11 is 0. The fraction of sp³-hybridized carbons (Fsp3) is 1.00. The van der Waals surface area contributed by atoms with Crippen molar-refractivity contribution in [2.45, 2.75) is 18.6 Å². The molecule has 1 fully saturated rings. The lowest BCUT2D eigenvalue weighted by Gasteiger charge is -2.32. The molecule has 1 unspecified atom stereocenters. The smallest absolute Gasteiger partial charge is 0.211 e. The number of nitrogens with zero attached hydrogens (tertiary/aromatic N) is 1. The van der Waals surface area contributed by atoms with Gasteiger partial charge in [0, 0.05) is 19.1 Å². The lowest BCUT2D eigenvalue weighted by Crippen LogP contribution is -2.51. The molecule has 1 saturated heterocycles. The topological polar surface area (TPSA) is 83.6 Å². The van der Waals surface area contributed by atoms with Gasteiger partial charge in [0.1, 0.15) is 0 Å². The third kappa shape index (κ3) is 2.16. The van der Waals surface area contributed by atoms with E-state index in [4.69, 9.17) is 5.73 Å². The van der Waals surface area contributed by atoms with E-state index in [1.54, 1.807) is 0 Å². The highest BCUT2D eigenvalue weighted by Gasteiger charge is 2.29. The van der Waals surface area contributed by atoms with Crippen molar-refractivity contribution in [1.82, 2.24) is 4.31 Å². The van der Waals surface area contributed by atoms with E-state index < -0.39 is 16.1 Å². The molecule has 0 saturated carbocycles. The number of sulfonamides is 1. The van der Waals surface area contributed by atoms with Crippen LogP contribution < -0.4 is 5.73 Å². The van der Waals surface area contributed by atoms with Gasteiger partial charge in [-0.25, -0.2) is 8.42 Å². The molecule has 5 nitrogen and oxygen atoms in total. The van der Waals surface area contributed by atoms with Crippen molar-refractivity contribution in [3.05, 3.63) is 0 Å². The van der Waals surface area contributed by atoms with E-state index in [2.05, 4.69) is 0 Å². The van der Waals surface area contributed by atoms with Gasteiger partial charge in [-0.1, -0.05) is 0 Å². The van der Waals surface area contributed by atoms with Crippen LogP contribution in [0.15, 0.2) is 0 Å². The first-order valence-electron chi connectivity index (χ1n) is 3.80. The van der Waals surface area contributed by atoms with E-state index in [0.29, 0.717) is 13.0 Å². The first-order chi connectivity index (χ1) is 5.41. The Hall–Kier alpha value is -0.170. The van der Waals surface area contributed by atoms with Crippen LogP contribution in [0.5, 0.6) is 0 Å². The summed E-state index contributed by atoms with van der Waals surface area (Å²) in [5, 5.41) is 9.28. The summed E-state index contributed by atoms with van der Waals surface area (Å²) in [6.45, 7) is 0.539. The molecule has 1 aliphatic rings. The fourth-order valence-electron chi connectivity index (χ4n) is 1.22. The zero-order valence-electron chi connectivity index (χ0n) is 6.97. The summed E-state index contributed by atoms with van der Waals surface area (Å²) in [4.78, 5) is 0. The largest absolute Gasteiger partial charge is 0.390 e. The van der Waals surface area contributed by atoms with Crippen LogP contribution in [-0.4, -0.2) is 49.3 Å². The molecule has 0 bridgehead atoms. The Kier molecular flexibility index (Phi) is 2.72. The number of β-amino-alcohol motifs (C(OH)–C–C–N with tert-alkyl or cyclic N) is 1. The van der Waals surface area contributed by atoms with Crippen molar-refractivity contribution < 1.29 is 13.5 Å². The van der Waals surface area contributed by atoms with Gasteiger partial charge in [0.2, 0.25) is 10.0 Å². The van der Waals surface area contributed by atoms with Gasteiger partial charge in [0.25, 0.3) is 0 Å². The van der Waals surface area contributed by atoms with Crippen LogP contribution in [0.25, 0.3) is 0 Å². The Balaban J connectivity index is 2.64. The third-order valence-electron chi connectivity index (χ3n) is 2.07. The molecule has 1 heterocycles. The van der Waals surface area contributed by atoms with Crippen LogP contribution in [0.3, 0.4) is 0 Å². The molecule has 0 radical (unpaired) electrons. The van der Waals surface area contributed by atoms with E-state index in [1.807, 2.05) is 0 Å². The summed E-state index contributed by atoms with van der Waals surface area (Å²) in [6, 6.07) is -0.289. The number of piperidine rings is 1. The predicted molar refractivity (Wildman–Crippen MR) is 45.0 cm³/mol. The predicted octanol–water partition coefficient (Wildman–Crippen LogP) is -1.66. The molecule has 12 heavy (non-hydrogen) atoms. The molecule has 0 aromatic carbocycles. The van der Waals surface area contributed by atoms with Crippen molar-refractivity contribution in [2.24, 2.45) is 5.73 Å². The van der Waals surface area contributed by atoms with E-state index in [0.717, 1.165) is 6.26 Å². The maximum Gasteiger partial charge on any atom is 0.211 e. The van der Waals surface area contributed by atoms with Gasteiger partial charge in [-0.15, -0.1) is 0 Å². The number of nitrogens with two attached hydrogens (primary N) is 1. The van der Waals surface area contributed by atoms with Crippen LogP contribution in [-0.2, 0) is 10.0 Å². The van der Waals surface area contributed by atoms with Crippen molar-refractivity contribution in [3.8, 4) is 0 Å². The minimum Gasteiger partial charge on any atom is -0.390 e. The van der Waals surface area contributed by atoms with Crippen LogP contribution in [0.4, 0.5) is 0 Å². The minimum atomic E-state index is -3.16. The first-order valence-corrected chi connectivity index (χ1v) is 5.65. The van der Waals surface area contributed by atoms with Gasteiger partial charge >= 0.3 is 0 Å². The van der Waals surface area contributed by atoms with Crippen LogP contribution in [0.1, 0.15) is 6.42 Å². The molecular weight excluding hydrogens is 180 g/mol. The number of aliphatic hydroxyl groups is 1. The van der Waals surface area contributed by atoms with E-state index in [-0.39, 0.29) is 12.6 Å². The van der Waals surface area contributed by atoms with Crippen molar-refractivity contribution in [3.63, 3.8) is 0 Å². The normalized spacial score (nSPS) is 33.6. The summed E-state index contributed by atoms with van der Waals surface area (Å²) in [6.07, 6.45) is 0.929. The number of hydrogen-bond acceptors (Lipinski definition) is 4. The number of aliphatic hydroxyl groups excluding tert-OH is 1. The Bertz CT molecular complexity index is 252. The van der Waals surface area contributed by atoms with Crippen LogP contribution in [0, 0.1) is 0 Å². The van der Waals surface area contributed by atoms with E-state index in [9.17, 15) is 13.5 Å². The molecule has 6 heteroatoms. The molecule has 0 amide bonds. The van der Waals surface area contributed by atoms with Gasteiger partial charge in [-0.2, -0.15) is 4.31 Å². The second kappa shape index (κ2) is 3.29. The Morgan fingerprint density at radius 3 is 2.58 bits per heavy atom. The zero-order valence-corrected chi connectivity index (χ0v) is 7.79. The molecular formula is C6H14N2O3S. The van der Waals surface area contributed by atoms with Gasteiger partial charge in [0.05, 0.1) is 12.4 Å². The molecule has 0 aromatic rings.